The van der Waals surface area contributed by atoms with Gasteiger partial charge in [-0.3, -0.25) is 20.0 Å². The second kappa shape index (κ2) is 10.4. The Morgan fingerprint density at radius 1 is 1.12 bits per heavy atom. The van der Waals surface area contributed by atoms with E-state index in [0.717, 1.165) is 11.1 Å². The predicted molar refractivity (Wildman–Crippen MR) is 128 cm³/mol. The highest BCUT2D eigenvalue weighted by atomic mass is 35.5. The number of carbonyl (C=O) groups excluding carboxylic acids is 1. The molecule has 4 rings (SSSR count). The molecule has 3 aromatic carbocycles. The largest absolute Gasteiger partial charge is 0.489 e. The van der Waals surface area contributed by atoms with Gasteiger partial charge in [0.25, 0.3) is 11.6 Å². The van der Waals surface area contributed by atoms with Crippen molar-refractivity contribution in [2.24, 2.45) is 5.10 Å². The summed E-state index contributed by atoms with van der Waals surface area (Å²) >= 11 is 6.17. The molecule has 0 saturated carbocycles. The zero-order valence-electron chi connectivity index (χ0n) is 17.6. The highest BCUT2D eigenvalue weighted by molar-refractivity contribution is 6.31. The molecule has 0 saturated heterocycles. The van der Waals surface area contributed by atoms with Gasteiger partial charge in [0.2, 0.25) is 0 Å². The third-order valence-electron chi connectivity index (χ3n) is 4.79. The highest BCUT2D eigenvalue weighted by Gasteiger charge is 2.11. The number of ether oxygens (including phenoxy) is 1. The van der Waals surface area contributed by atoms with E-state index in [0.29, 0.717) is 28.6 Å². The molecule has 0 unspecified atom stereocenters. The molecule has 1 aromatic heterocycles. The monoisotopic (exact) mass is 475 g/mol. The molecule has 10 heteroatoms. The molecule has 0 bridgehead atoms. The van der Waals surface area contributed by atoms with Crippen LogP contribution >= 0.6 is 11.6 Å². The summed E-state index contributed by atoms with van der Waals surface area (Å²) in [4.78, 5) is 22.6. The van der Waals surface area contributed by atoms with Crippen molar-refractivity contribution in [2.75, 3.05) is 0 Å². The Morgan fingerprint density at radius 3 is 2.68 bits per heavy atom. The van der Waals surface area contributed by atoms with Crippen LogP contribution < -0.4 is 10.2 Å². The molecule has 34 heavy (non-hydrogen) atoms. The number of amides is 1. The molecule has 1 amide bonds. The molecular formula is C24H18ClN5O4. The lowest BCUT2D eigenvalue weighted by atomic mass is 10.1. The number of carbonyl (C=O) groups is 1. The zero-order valence-corrected chi connectivity index (χ0v) is 18.4. The molecule has 0 aliphatic rings. The van der Waals surface area contributed by atoms with Gasteiger partial charge in [0, 0.05) is 28.3 Å². The fraction of sp³-hybridized carbons (Fsp3) is 0.0417. The molecule has 0 aliphatic carbocycles. The number of benzene rings is 3. The van der Waals surface area contributed by atoms with Crippen LogP contribution in [0.25, 0.3) is 11.3 Å². The van der Waals surface area contributed by atoms with Crippen molar-refractivity contribution < 1.29 is 14.5 Å². The highest BCUT2D eigenvalue weighted by Crippen LogP contribution is 2.24. The maximum absolute atomic E-state index is 12.4. The Labute approximate surface area is 199 Å². The summed E-state index contributed by atoms with van der Waals surface area (Å²) in [5.41, 5.74) is 5.40. The van der Waals surface area contributed by atoms with E-state index in [4.69, 9.17) is 16.3 Å². The Hall–Kier alpha value is -4.50. The number of aromatic nitrogens is 2. The van der Waals surface area contributed by atoms with Crippen LogP contribution in [-0.2, 0) is 6.61 Å². The first-order valence-corrected chi connectivity index (χ1v) is 10.5. The minimum Gasteiger partial charge on any atom is -0.489 e. The third-order valence-corrected chi connectivity index (χ3v) is 5.16. The van der Waals surface area contributed by atoms with Gasteiger partial charge < -0.3 is 4.74 Å². The summed E-state index contributed by atoms with van der Waals surface area (Å²) < 4.78 is 5.85. The van der Waals surface area contributed by atoms with Crippen LogP contribution in [0.1, 0.15) is 21.6 Å². The van der Waals surface area contributed by atoms with Crippen LogP contribution in [0.5, 0.6) is 5.75 Å². The molecule has 2 N–H and O–H groups in total. The molecule has 9 nitrogen and oxygen atoms in total. The summed E-state index contributed by atoms with van der Waals surface area (Å²) in [6.45, 7) is 0.324. The van der Waals surface area contributed by atoms with Crippen molar-refractivity contribution in [3.63, 3.8) is 0 Å². The van der Waals surface area contributed by atoms with E-state index in [9.17, 15) is 14.9 Å². The number of halogens is 1. The summed E-state index contributed by atoms with van der Waals surface area (Å²) in [5.74, 6) is 0.155. The molecule has 0 radical (unpaired) electrons. The second-order valence-corrected chi connectivity index (χ2v) is 7.53. The lowest BCUT2D eigenvalue weighted by Gasteiger charge is -2.08. The summed E-state index contributed by atoms with van der Waals surface area (Å²) in [6.07, 6.45) is 1.39. The Kier molecular flexibility index (Phi) is 6.95. The number of nitrogens with one attached hydrogen (secondary N) is 2. The van der Waals surface area contributed by atoms with E-state index >= 15 is 0 Å². The SMILES string of the molecule is O=C(NN=Cc1ccc([N+](=O)[O-])cc1)c1cc(-c2cccc(OCc3ccccc3Cl)c2)n[nH]1. The van der Waals surface area contributed by atoms with Crippen LogP contribution in [0.3, 0.4) is 0 Å². The van der Waals surface area contributed by atoms with E-state index in [-0.39, 0.29) is 11.4 Å². The Morgan fingerprint density at radius 2 is 1.91 bits per heavy atom. The molecule has 0 atom stereocenters. The van der Waals surface area contributed by atoms with E-state index in [1.54, 1.807) is 6.07 Å². The number of hydrogen-bond acceptors (Lipinski definition) is 6. The van der Waals surface area contributed by atoms with Gasteiger partial charge in [-0.25, -0.2) is 5.43 Å². The summed E-state index contributed by atoms with van der Waals surface area (Å²) in [7, 11) is 0. The Balaban J connectivity index is 1.37. The summed E-state index contributed by atoms with van der Waals surface area (Å²) in [6, 6.07) is 22.2. The number of non-ortho nitro benzene ring substituents is 1. The van der Waals surface area contributed by atoms with Crippen LogP contribution in [0, 0.1) is 10.1 Å². The first-order valence-electron chi connectivity index (χ1n) is 10.1. The maximum atomic E-state index is 12.4. The maximum Gasteiger partial charge on any atom is 0.289 e. The van der Waals surface area contributed by atoms with Crippen molar-refractivity contribution in [3.05, 3.63) is 111 Å². The predicted octanol–water partition coefficient (Wildman–Crippen LogP) is 4.98. The minimum absolute atomic E-state index is 0.0236. The van der Waals surface area contributed by atoms with Gasteiger partial charge in [-0.15, -0.1) is 0 Å². The van der Waals surface area contributed by atoms with Gasteiger partial charge in [0.1, 0.15) is 18.1 Å². The standard InChI is InChI=1S/C24H18ClN5O4/c25-21-7-2-1-4-18(21)15-34-20-6-3-5-17(12-20)22-13-23(28-27-22)24(31)29-26-14-16-8-10-19(11-9-16)30(32)33/h1-14H,15H2,(H,27,28)(H,29,31). The van der Waals surface area contributed by atoms with E-state index in [2.05, 4.69) is 20.7 Å². The third kappa shape index (κ3) is 5.64. The van der Waals surface area contributed by atoms with E-state index in [1.807, 2.05) is 48.5 Å². The molecule has 4 aromatic rings. The first-order chi connectivity index (χ1) is 16.5. The van der Waals surface area contributed by atoms with Crippen LogP contribution in [0.2, 0.25) is 5.02 Å². The minimum atomic E-state index is -0.487. The first kappa shape index (κ1) is 22.7. The molecule has 1 heterocycles. The fourth-order valence-electron chi connectivity index (χ4n) is 3.02. The number of hydrogen-bond donors (Lipinski definition) is 2. The number of aromatic amines is 1. The number of nitrogens with zero attached hydrogens (tertiary/aromatic N) is 3. The fourth-order valence-corrected chi connectivity index (χ4v) is 3.21. The van der Waals surface area contributed by atoms with Gasteiger partial charge in [-0.1, -0.05) is 41.9 Å². The van der Waals surface area contributed by atoms with Gasteiger partial charge in [0.05, 0.1) is 16.8 Å². The van der Waals surface area contributed by atoms with E-state index < -0.39 is 10.8 Å². The van der Waals surface area contributed by atoms with Crippen molar-refractivity contribution >= 4 is 29.4 Å². The smallest absolute Gasteiger partial charge is 0.289 e. The Bertz CT molecular complexity index is 1350. The molecule has 0 fully saturated rings. The average Bonchev–Trinajstić information content (AvgIpc) is 3.35. The average molecular weight is 476 g/mol. The van der Waals surface area contributed by atoms with E-state index in [1.165, 1.54) is 30.5 Å². The summed E-state index contributed by atoms with van der Waals surface area (Å²) in [5, 5.41) is 22.1. The van der Waals surface area contributed by atoms with Crippen molar-refractivity contribution in [3.8, 4) is 17.0 Å². The van der Waals surface area contributed by atoms with Crippen molar-refractivity contribution in [1.29, 1.82) is 0 Å². The molecule has 0 aliphatic heterocycles. The topological polar surface area (TPSA) is 123 Å². The lowest BCUT2D eigenvalue weighted by Crippen LogP contribution is -2.17. The second-order valence-electron chi connectivity index (χ2n) is 7.12. The van der Waals surface area contributed by atoms with Crippen LogP contribution in [-0.4, -0.2) is 27.2 Å². The zero-order chi connectivity index (χ0) is 23.9. The number of rotatable bonds is 8. The van der Waals surface area contributed by atoms with Crippen LogP contribution in [0.15, 0.2) is 84.0 Å². The number of nitro groups is 1. The molecule has 0 spiro atoms. The number of hydrazone groups is 1. The lowest BCUT2D eigenvalue weighted by molar-refractivity contribution is -0.384. The van der Waals surface area contributed by atoms with Crippen LogP contribution in [0.4, 0.5) is 5.69 Å². The normalized spacial score (nSPS) is 10.9. The van der Waals surface area contributed by atoms with Crippen molar-refractivity contribution in [2.45, 2.75) is 6.61 Å². The van der Waals surface area contributed by atoms with Gasteiger partial charge in [-0.05, 0) is 42.0 Å². The van der Waals surface area contributed by atoms with Crippen molar-refractivity contribution in [1.82, 2.24) is 15.6 Å². The van der Waals surface area contributed by atoms with Gasteiger partial charge in [0.15, 0.2) is 0 Å². The van der Waals surface area contributed by atoms with Gasteiger partial charge >= 0.3 is 0 Å². The number of nitro benzene ring substituents is 1. The molecular weight excluding hydrogens is 458 g/mol. The van der Waals surface area contributed by atoms with Gasteiger partial charge in [-0.2, -0.15) is 10.2 Å². The quantitative estimate of drug-likeness (QED) is 0.211. The molecule has 170 valence electrons. The number of H-pyrrole nitrogens is 1.